The molecule has 3 saturated heterocycles. The number of carbonyl (C=O) groups excluding carboxylic acids is 2. The van der Waals surface area contributed by atoms with E-state index in [1.165, 1.54) is 23.7 Å². The summed E-state index contributed by atoms with van der Waals surface area (Å²) in [5, 5.41) is 27.8. The number of nitrogens with two attached hydrogens (primary N) is 1. The summed E-state index contributed by atoms with van der Waals surface area (Å²) < 4.78 is 17.5. The van der Waals surface area contributed by atoms with Gasteiger partial charge in [0.05, 0.1) is 39.2 Å². The number of piperidine rings is 2. The maximum Gasteiger partial charge on any atom is 0.329 e. The first-order valence-corrected chi connectivity index (χ1v) is 20.5. The highest BCUT2D eigenvalue weighted by atomic mass is 35.5. The van der Waals surface area contributed by atoms with E-state index in [2.05, 4.69) is 62.0 Å². The van der Waals surface area contributed by atoms with Gasteiger partial charge in [-0.05, 0) is 119 Å². The van der Waals surface area contributed by atoms with E-state index < -0.39 is 17.0 Å². The minimum atomic E-state index is -1.37. The number of anilines is 1. The third-order valence-corrected chi connectivity index (χ3v) is 12.3. The molecule has 16 heteroatoms. The first kappa shape index (κ1) is 42.4. The van der Waals surface area contributed by atoms with Crippen molar-refractivity contribution in [2.75, 3.05) is 51.2 Å². The van der Waals surface area contributed by atoms with Gasteiger partial charge in [-0.1, -0.05) is 17.7 Å². The molecule has 0 radical (unpaired) electrons. The number of urea groups is 1. The topological polar surface area (TPSA) is 189 Å². The van der Waals surface area contributed by atoms with Crippen LogP contribution in [-0.2, 0) is 29.2 Å². The highest BCUT2D eigenvalue weighted by Crippen LogP contribution is 2.34. The molecule has 3 fully saturated rings. The molecule has 4 heterocycles. The second-order valence-corrected chi connectivity index (χ2v) is 16.1. The third kappa shape index (κ3) is 10.5. The molecule has 2 aromatic carbocycles. The van der Waals surface area contributed by atoms with Crippen molar-refractivity contribution in [2.45, 2.75) is 68.2 Å². The number of aromatic nitrogens is 2. The molecule has 296 valence electrons. The fourth-order valence-corrected chi connectivity index (χ4v) is 9.08. The van der Waals surface area contributed by atoms with E-state index in [9.17, 15) is 24.3 Å². The minimum Gasteiger partial charge on any atom is -0.333 e. The van der Waals surface area contributed by atoms with Crippen molar-refractivity contribution < 1.29 is 13.8 Å². The summed E-state index contributed by atoms with van der Waals surface area (Å²) in [5.74, 6) is 0.815. The predicted octanol–water partition coefficient (Wildman–Crippen LogP) is 5.15. The number of nitrogens with one attached hydrogen (secondary N) is 1. The second kappa shape index (κ2) is 20.4. The second-order valence-electron chi connectivity index (χ2n) is 14.1. The van der Waals surface area contributed by atoms with Crippen molar-refractivity contribution in [1.29, 1.82) is 10.5 Å². The Balaban J connectivity index is 0.00000295. The van der Waals surface area contributed by atoms with Crippen molar-refractivity contribution in [2.24, 2.45) is 28.7 Å². The molecule has 6 rings (SSSR count). The lowest BCUT2D eigenvalue weighted by atomic mass is 9.87. The van der Waals surface area contributed by atoms with E-state index in [0.717, 1.165) is 61.8 Å². The SMILES string of the molecule is C=N/C=C(/Cl)C=NC1CCN(S(=O)c2ccc(C#N)c(CC(CCC#N)CN3CCC(c4ccc5c(N6CCC(=O)NC6=O)nn(C)c5c4)CC3)c2)CC1.CN. The summed E-state index contributed by atoms with van der Waals surface area (Å²) in [7, 11) is 2.00. The van der Waals surface area contributed by atoms with E-state index in [1.54, 1.807) is 23.0 Å². The van der Waals surface area contributed by atoms with Gasteiger partial charge in [0.25, 0.3) is 0 Å². The number of rotatable bonds is 13. The van der Waals surface area contributed by atoms with Crippen LogP contribution >= 0.6 is 11.6 Å². The number of hydrogen-bond acceptors (Lipinski definition) is 10. The molecular formula is C40H50ClN11O3S. The van der Waals surface area contributed by atoms with Gasteiger partial charge in [0.15, 0.2) is 5.82 Å². The van der Waals surface area contributed by atoms with Crippen molar-refractivity contribution in [3.63, 3.8) is 0 Å². The van der Waals surface area contributed by atoms with Crippen LogP contribution in [0.5, 0.6) is 0 Å². The number of amides is 3. The first-order chi connectivity index (χ1) is 27.2. The van der Waals surface area contributed by atoms with Gasteiger partial charge >= 0.3 is 6.03 Å². The van der Waals surface area contributed by atoms with E-state index in [0.29, 0.717) is 66.1 Å². The smallest absolute Gasteiger partial charge is 0.329 e. The minimum absolute atomic E-state index is 0.0934. The number of nitrogens with zero attached hydrogens (tertiary/aromatic N) is 9. The Morgan fingerprint density at radius 3 is 2.54 bits per heavy atom. The normalized spacial score (nSPS) is 18.9. The van der Waals surface area contributed by atoms with Crippen molar-refractivity contribution in [3.8, 4) is 12.1 Å². The highest BCUT2D eigenvalue weighted by molar-refractivity contribution is 7.82. The van der Waals surface area contributed by atoms with Crippen molar-refractivity contribution >= 4 is 64.2 Å². The summed E-state index contributed by atoms with van der Waals surface area (Å²) in [6.45, 7) is 7.59. The lowest BCUT2D eigenvalue weighted by Gasteiger charge is -2.34. The number of imide groups is 1. The van der Waals surface area contributed by atoms with Crippen molar-refractivity contribution in [1.82, 2.24) is 24.3 Å². The Hall–Kier alpha value is -4.77. The van der Waals surface area contributed by atoms with E-state index in [-0.39, 0.29) is 24.3 Å². The molecule has 2 atom stereocenters. The van der Waals surface area contributed by atoms with Crippen LogP contribution in [0, 0.1) is 28.6 Å². The molecular weight excluding hydrogens is 750 g/mol. The molecule has 0 aliphatic carbocycles. The molecule has 2 unspecified atom stereocenters. The average molecular weight is 800 g/mol. The molecule has 0 spiro atoms. The molecule has 56 heavy (non-hydrogen) atoms. The fraction of sp³-hybridized carbons (Fsp3) is 0.475. The third-order valence-electron chi connectivity index (χ3n) is 10.6. The first-order valence-electron chi connectivity index (χ1n) is 19.0. The molecule has 0 bridgehead atoms. The van der Waals surface area contributed by atoms with Crippen LogP contribution in [-0.4, -0.2) is 100 Å². The monoisotopic (exact) mass is 799 g/mol. The Labute approximate surface area is 336 Å². The Bertz CT molecular complexity index is 2050. The van der Waals surface area contributed by atoms with Crippen LogP contribution in [0.2, 0.25) is 0 Å². The van der Waals surface area contributed by atoms with Gasteiger partial charge in [-0.2, -0.15) is 15.6 Å². The lowest BCUT2D eigenvalue weighted by molar-refractivity contribution is -0.120. The number of nitriles is 2. The van der Waals surface area contributed by atoms with Crippen LogP contribution in [0.15, 0.2) is 62.5 Å². The summed E-state index contributed by atoms with van der Waals surface area (Å²) in [6.07, 6.45) is 8.52. The molecule has 0 saturated carbocycles. The summed E-state index contributed by atoms with van der Waals surface area (Å²) >= 11 is 6.05. The number of halogens is 1. The van der Waals surface area contributed by atoms with Crippen LogP contribution in [0.4, 0.5) is 10.6 Å². The van der Waals surface area contributed by atoms with E-state index >= 15 is 0 Å². The zero-order valence-electron chi connectivity index (χ0n) is 32.1. The number of fused-ring (bicyclic) bond motifs is 1. The number of aliphatic imine (C=N–C) groups is 2. The molecule has 3 aromatic rings. The van der Waals surface area contributed by atoms with Gasteiger partial charge < -0.3 is 10.6 Å². The Morgan fingerprint density at radius 2 is 1.86 bits per heavy atom. The lowest BCUT2D eigenvalue weighted by Crippen LogP contribution is -2.49. The average Bonchev–Trinajstić information content (AvgIpc) is 3.54. The van der Waals surface area contributed by atoms with Crippen LogP contribution in [0.3, 0.4) is 0 Å². The molecule has 3 aliphatic rings. The summed E-state index contributed by atoms with van der Waals surface area (Å²) in [6, 6.07) is 16.1. The van der Waals surface area contributed by atoms with Gasteiger partial charge in [-0.3, -0.25) is 29.7 Å². The summed E-state index contributed by atoms with van der Waals surface area (Å²) in [4.78, 5) is 37.0. The number of allylic oxidation sites excluding steroid dienone is 1. The maximum atomic E-state index is 13.7. The van der Waals surface area contributed by atoms with Gasteiger partial charge in [-0.15, -0.1) is 0 Å². The number of benzene rings is 2. The number of hydrogen-bond donors (Lipinski definition) is 2. The fourth-order valence-electron chi connectivity index (χ4n) is 7.69. The zero-order valence-corrected chi connectivity index (χ0v) is 33.6. The largest absolute Gasteiger partial charge is 0.333 e. The van der Waals surface area contributed by atoms with Gasteiger partial charge in [0.2, 0.25) is 5.91 Å². The van der Waals surface area contributed by atoms with Gasteiger partial charge in [0.1, 0.15) is 11.0 Å². The molecule has 14 nitrogen and oxygen atoms in total. The number of likely N-dealkylation sites (tertiary alicyclic amines) is 1. The summed E-state index contributed by atoms with van der Waals surface area (Å²) in [5.41, 5.74) is 8.12. The standard InChI is InChI=1S/C39H45ClN10O3S.CH5N/c1-43-24-32(40)25-44-33-11-17-49(18-12-33)54(53)34-7-5-30(23-42)31(21-34)20-27(4-3-14-41)26-48-15-9-28(10-16-48)29-6-8-35-36(22-29)47(2)46-38(35)50-19-13-37(51)45-39(50)52;1-2/h5-8,21-22,24-25,27-28,33H,1,3-4,9-13,15-20,26H2,2H3,(H,45,51,52);2H2,1H3/b32-24+,44-25?;. The predicted molar refractivity (Wildman–Crippen MR) is 221 cm³/mol. The molecule has 3 amide bonds. The van der Waals surface area contributed by atoms with Crippen LogP contribution in [0.25, 0.3) is 10.9 Å². The Morgan fingerprint density at radius 1 is 1.11 bits per heavy atom. The van der Waals surface area contributed by atoms with E-state index in [1.807, 2.05) is 23.5 Å². The quantitative estimate of drug-likeness (QED) is 0.222. The zero-order chi connectivity index (χ0) is 40.2. The van der Waals surface area contributed by atoms with Crippen LogP contribution in [0.1, 0.15) is 67.6 Å². The van der Waals surface area contributed by atoms with Crippen LogP contribution < -0.4 is 16.0 Å². The molecule has 1 aromatic heterocycles. The van der Waals surface area contributed by atoms with Crippen molar-refractivity contribution in [3.05, 3.63) is 64.3 Å². The molecule has 3 aliphatic heterocycles. The maximum absolute atomic E-state index is 13.7. The number of aryl methyl sites for hydroxylation is 1. The van der Waals surface area contributed by atoms with Gasteiger partial charge in [-0.25, -0.2) is 13.3 Å². The van der Waals surface area contributed by atoms with Gasteiger partial charge in [0, 0.05) is 63.9 Å². The van der Waals surface area contributed by atoms with E-state index in [4.69, 9.17) is 11.6 Å². The number of carbonyl (C=O) groups is 2. The molecule has 3 N–H and O–H groups in total. The highest BCUT2D eigenvalue weighted by Gasteiger charge is 2.30. The Kier molecular flexibility index (Phi) is 15.4.